The number of ether oxygens (including phenoxy) is 1. The van der Waals surface area contributed by atoms with Crippen LogP contribution in [-0.2, 0) is 4.74 Å². The minimum Gasteiger partial charge on any atom is -0.390 e. The lowest BCUT2D eigenvalue weighted by molar-refractivity contribution is -0.0216. The minimum atomic E-state index is -0.528. The highest BCUT2D eigenvalue weighted by Gasteiger charge is 2.34. The molecule has 0 spiro atoms. The number of aromatic nitrogens is 2. The molecule has 1 aliphatic rings. The van der Waals surface area contributed by atoms with Crippen LogP contribution < -0.4 is 11.4 Å². The van der Waals surface area contributed by atoms with Gasteiger partial charge in [-0.1, -0.05) is 6.92 Å². The summed E-state index contributed by atoms with van der Waals surface area (Å²) >= 11 is 0. The zero-order valence-electron chi connectivity index (χ0n) is 9.04. The number of nitrogens with zero attached hydrogens (tertiary/aromatic N) is 2. The molecule has 0 bridgehead atoms. The molecule has 3 atom stereocenters. The second kappa shape index (κ2) is 4.23. The second-order valence-corrected chi connectivity index (χ2v) is 3.88. The highest BCUT2D eigenvalue weighted by Crippen LogP contribution is 2.28. The maximum absolute atomic E-state index is 11.5. The summed E-state index contributed by atoms with van der Waals surface area (Å²) in [5.41, 5.74) is 4.94. The van der Waals surface area contributed by atoms with Crippen LogP contribution in [-0.4, -0.2) is 26.9 Å². The van der Waals surface area contributed by atoms with Gasteiger partial charge in [-0.25, -0.2) is 4.79 Å². The average molecular weight is 225 g/mol. The predicted octanol–water partition coefficient (Wildman–Crippen LogP) is -0.116. The molecule has 0 aliphatic carbocycles. The van der Waals surface area contributed by atoms with Crippen molar-refractivity contribution in [2.45, 2.75) is 38.2 Å². The third-order valence-electron chi connectivity index (χ3n) is 2.77. The Balaban J connectivity index is 2.23. The maximum Gasteiger partial charge on any atom is 0.351 e. The van der Waals surface area contributed by atoms with Crippen molar-refractivity contribution in [1.29, 1.82) is 0 Å². The second-order valence-electron chi connectivity index (χ2n) is 3.88. The van der Waals surface area contributed by atoms with Crippen LogP contribution in [0.15, 0.2) is 17.1 Å². The first-order valence-electron chi connectivity index (χ1n) is 5.30. The number of aliphatic hydroxyl groups is 1. The van der Waals surface area contributed by atoms with Gasteiger partial charge < -0.3 is 15.6 Å². The van der Waals surface area contributed by atoms with Crippen molar-refractivity contribution in [3.8, 4) is 0 Å². The van der Waals surface area contributed by atoms with Crippen LogP contribution in [0.25, 0.3) is 0 Å². The van der Waals surface area contributed by atoms with Crippen LogP contribution in [0.5, 0.6) is 0 Å². The van der Waals surface area contributed by atoms with Gasteiger partial charge in [0.25, 0.3) is 0 Å². The fraction of sp³-hybridized carbons (Fsp3) is 0.600. The summed E-state index contributed by atoms with van der Waals surface area (Å²) in [6.45, 7) is 1.93. The summed E-state index contributed by atoms with van der Waals surface area (Å²) in [5.74, 6) is 0.187. The molecule has 1 aromatic rings. The molecule has 1 aliphatic heterocycles. The number of hydrogen-bond donors (Lipinski definition) is 2. The Morgan fingerprint density at radius 2 is 2.50 bits per heavy atom. The van der Waals surface area contributed by atoms with Crippen molar-refractivity contribution < 1.29 is 9.84 Å². The molecule has 6 heteroatoms. The first-order valence-corrected chi connectivity index (χ1v) is 5.30. The molecular formula is C10H15N3O3. The molecule has 6 nitrogen and oxygen atoms in total. The number of nitrogen functional groups attached to an aromatic ring is 1. The van der Waals surface area contributed by atoms with Gasteiger partial charge in [-0.05, 0) is 12.5 Å². The van der Waals surface area contributed by atoms with Gasteiger partial charge in [-0.15, -0.1) is 0 Å². The number of anilines is 1. The highest BCUT2D eigenvalue weighted by atomic mass is 16.5. The largest absolute Gasteiger partial charge is 0.390 e. The van der Waals surface area contributed by atoms with Gasteiger partial charge in [-0.2, -0.15) is 4.98 Å². The number of aliphatic hydroxyl groups excluding tert-OH is 1. The molecule has 1 unspecified atom stereocenters. The van der Waals surface area contributed by atoms with Gasteiger partial charge in [0.1, 0.15) is 12.0 Å². The Bertz CT molecular complexity index is 432. The van der Waals surface area contributed by atoms with Gasteiger partial charge in [0.15, 0.2) is 0 Å². The molecule has 88 valence electrons. The summed E-state index contributed by atoms with van der Waals surface area (Å²) in [6.07, 6.45) is 1.48. The van der Waals surface area contributed by atoms with E-state index >= 15 is 0 Å². The third kappa shape index (κ3) is 1.94. The Kier molecular flexibility index (Phi) is 2.93. The van der Waals surface area contributed by atoms with Crippen LogP contribution in [0.1, 0.15) is 26.0 Å². The Hall–Kier alpha value is -1.40. The van der Waals surface area contributed by atoms with E-state index in [9.17, 15) is 9.90 Å². The molecule has 1 aromatic heterocycles. The highest BCUT2D eigenvalue weighted by molar-refractivity contribution is 5.23. The zero-order chi connectivity index (χ0) is 11.7. The standard InChI is InChI=1S/C10H15N3O3/c1-2-7-6(14)5-9(16-7)13-4-3-8(11)12-10(13)15/h3-4,6-7,9,14H,2,5H2,1H3,(H2,11,12,15)/t6?,7-,9+/m1/s1. The molecule has 3 N–H and O–H groups in total. The van der Waals surface area contributed by atoms with E-state index in [2.05, 4.69) is 4.98 Å². The van der Waals surface area contributed by atoms with E-state index < -0.39 is 18.0 Å². The van der Waals surface area contributed by atoms with Crippen molar-refractivity contribution in [1.82, 2.24) is 9.55 Å². The van der Waals surface area contributed by atoms with Crippen molar-refractivity contribution >= 4 is 5.82 Å². The predicted molar refractivity (Wildman–Crippen MR) is 57.7 cm³/mol. The quantitative estimate of drug-likeness (QED) is 0.732. The van der Waals surface area contributed by atoms with E-state index in [1.807, 2.05) is 6.92 Å². The first kappa shape index (κ1) is 11.1. The topological polar surface area (TPSA) is 90.4 Å². The van der Waals surface area contributed by atoms with Crippen LogP contribution in [0.3, 0.4) is 0 Å². The van der Waals surface area contributed by atoms with Crippen molar-refractivity contribution in [3.05, 3.63) is 22.7 Å². The van der Waals surface area contributed by atoms with E-state index in [1.165, 1.54) is 10.6 Å². The third-order valence-corrected chi connectivity index (χ3v) is 2.77. The van der Waals surface area contributed by atoms with E-state index in [0.717, 1.165) is 6.42 Å². The summed E-state index contributed by atoms with van der Waals surface area (Å²) in [4.78, 5) is 15.2. The lowest BCUT2D eigenvalue weighted by Crippen LogP contribution is -2.27. The summed E-state index contributed by atoms with van der Waals surface area (Å²) in [6, 6.07) is 1.54. The molecular weight excluding hydrogens is 210 g/mol. The molecule has 1 saturated heterocycles. The van der Waals surface area contributed by atoms with E-state index in [-0.39, 0.29) is 11.9 Å². The van der Waals surface area contributed by atoms with E-state index in [0.29, 0.717) is 6.42 Å². The molecule has 0 aromatic carbocycles. The summed E-state index contributed by atoms with van der Waals surface area (Å²) in [7, 11) is 0. The summed E-state index contributed by atoms with van der Waals surface area (Å²) in [5, 5.41) is 9.68. The van der Waals surface area contributed by atoms with Crippen molar-refractivity contribution in [3.63, 3.8) is 0 Å². The molecule has 16 heavy (non-hydrogen) atoms. The molecule has 0 saturated carbocycles. The Morgan fingerprint density at radius 3 is 3.06 bits per heavy atom. The minimum absolute atomic E-state index is 0.187. The number of nitrogens with two attached hydrogens (primary N) is 1. The van der Waals surface area contributed by atoms with Gasteiger partial charge in [-0.3, -0.25) is 4.57 Å². The van der Waals surface area contributed by atoms with Crippen molar-refractivity contribution in [2.24, 2.45) is 0 Å². The van der Waals surface area contributed by atoms with Gasteiger partial charge in [0, 0.05) is 12.6 Å². The van der Waals surface area contributed by atoms with Gasteiger partial charge in [0.05, 0.1) is 12.2 Å². The van der Waals surface area contributed by atoms with Crippen LogP contribution >= 0.6 is 0 Å². The number of hydrogen-bond acceptors (Lipinski definition) is 5. The Morgan fingerprint density at radius 1 is 1.75 bits per heavy atom. The fourth-order valence-electron chi connectivity index (χ4n) is 1.90. The number of rotatable bonds is 2. The van der Waals surface area contributed by atoms with E-state index in [1.54, 1.807) is 6.20 Å². The van der Waals surface area contributed by atoms with Gasteiger partial charge >= 0.3 is 5.69 Å². The molecule has 2 heterocycles. The normalized spacial score (nSPS) is 29.5. The Labute approximate surface area is 92.7 Å². The van der Waals surface area contributed by atoms with Crippen LogP contribution in [0.4, 0.5) is 5.82 Å². The van der Waals surface area contributed by atoms with E-state index in [4.69, 9.17) is 10.5 Å². The van der Waals surface area contributed by atoms with Gasteiger partial charge in [0.2, 0.25) is 0 Å². The maximum atomic E-state index is 11.5. The SMILES string of the molecule is CC[C@H]1O[C@H](n2ccc(N)nc2=O)CC1O. The van der Waals surface area contributed by atoms with Crippen LogP contribution in [0, 0.1) is 0 Å². The van der Waals surface area contributed by atoms with Crippen LogP contribution in [0.2, 0.25) is 0 Å². The molecule has 2 rings (SSSR count). The average Bonchev–Trinajstić information content (AvgIpc) is 2.59. The lowest BCUT2D eigenvalue weighted by Gasteiger charge is -2.14. The molecule has 0 radical (unpaired) electrons. The molecule has 0 amide bonds. The van der Waals surface area contributed by atoms with Crippen molar-refractivity contribution in [2.75, 3.05) is 5.73 Å². The molecule has 1 fully saturated rings. The summed E-state index contributed by atoms with van der Waals surface area (Å²) < 4.78 is 6.92. The zero-order valence-corrected chi connectivity index (χ0v) is 9.04. The first-order chi connectivity index (χ1) is 7.61. The smallest absolute Gasteiger partial charge is 0.351 e. The fourth-order valence-corrected chi connectivity index (χ4v) is 1.90. The lowest BCUT2D eigenvalue weighted by atomic mass is 10.1. The monoisotopic (exact) mass is 225 g/mol.